The lowest BCUT2D eigenvalue weighted by Crippen LogP contribution is -2.39. The van der Waals surface area contributed by atoms with Crippen LogP contribution in [0, 0.1) is 0 Å². The number of thiophene rings is 1. The van der Waals surface area contributed by atoms with Gasteiger partial charge < -0.3 is 14.2 Å². The van der Waals surface area contributed by atoms with Crippen molar-refractivity contribution in [2.75, 3.05) is 39.4 Å². The molecule has 6 heteroatoms. The molecule has 0 atom stereocenters. The Balaban J connectivity index is 1.57. The van der Waals surface area contributed by atoms with Crippen molar-refractivity contribution in [3.63, 3.8) is 0 Å². The van der Waals surface area contributed by atoms with E-state index in [1.807, 2.05) is 41.7 Å². The van der Waals surface area contributed by atoms with Crippen molar-refractivity contribution in [3.8, 4) is 0 Å². The molecule has 1 aliphatic rings. The average molecular weight is 362 g/mol. The van der Waals surface area contributed by atoms with Crippen molar-refractivity contribution < 1.29 is 9.53 Å². The number of morpholine rings is 1. The van der Waals surface area contributed by atoms with Gasteiger partial charge in [-0.3, -0.25) is 9.69 Å². The third kappa shape index (κ3) is 5.42. The molecule has 1 fully saturated rings. The fourth-order valence-corrected chi connectivity index (χ4v) is 3.83. The van der Waals surface area contributed by atoms with Crippen LogP contribution in [0.1, 0.15) is 17.0 Å². The van der Waals surface area contributed by atoms with E-state index < -0.39 is 0 Å². The van der Waals surface area contributed by atoms with Gasteiger partial charge in [0, 0.05) is 50.0 Å². The molecule has 3 rings (SSSR count). The fraction of sp³-hybridized carbons (Fsp3) is 0.526. The van der Waals surface area contributed by atoms with E-state index in [0.29, 0.717) is 13.0 Å². The lowest BCUT2D eigenvalue weighted by atomic mass is 10.2. The van der Waals surface area contributed by atoms with Crippen LogP contribution < -0.4 is 0 Å². The Labute approximate surface area is 153 Å². The van der Waals surface area contributed by atoms with Crippen LogP contribution in [0.2, 0.25) is 0 Å². The summed E-state index contributed by atoms with van der Waals surface area (Å²) in [5, 5.41) is 2.03. The molecule has 1 aliphatic heterocycles. The predicted molar refractivity (Wildman–Crippen MR) is 101 cm³/mol. The minimum Gasteiger partial charge on any atom is -0.379 e. The molecule has 0 aromatic carbocycles. The van der Waals surface area contributed by atoms with E-state index in [0.717, 1.165) is 50.7 Å². The number of aryl methyl sites for hydroxylation is 1. The van der Waals surface area contributed by atoms with Crippen molar-refractivity contribution >= 4 is 17.2 Å². The Morgan fingerprint density at radius 2 is 2.12 bits per heavy atom. The van der Waals surface area contributed by atoms with Gasteiger partial charge in [0.1, 0.15) is 0 Å². The fourth-order valence-electron chi connectivity index (χ4n) is 3.13. The maximum Gasteiger partial charge on any atom is 0.228 e. The highest BCUT2D eigenvalue weighted by Crippen LogP contribution is 2.13. The average Bonchev–Trinajstić information content (AvgIpc) is 3.27. The number of ether oxygens (including phenoxy) is 1. The Morgan fingerprint density at radius 1 is 1.28 bits per heavy atom. The molecule has 0 aliphatic carbocycles. The van der Waals surface area contributed by atoms with E-state index in [1.54, 1.807) is 11.3 Å². The van der Waals surface area contributed by atoms with Gasteiger partial charge in [-0.15, -0.1) is 11.3 Å². The first-order valence-electron chi connectivity index (χ1n) is 8.93. The largest absolute Gasteiger partial charge is 0.379 e. The molecule has 0 radical (unpaired) electrons. The molecule has 0 saturated carbocycles. The zero-order chi connectivity index (χ0) is 17.5. The van der Waals surface area contributed by atoms with Crippen LogP contribution in [0.3, 0.4) is 0 Å². The molecule has 2 aromatic rings. The SMILES string of the molecule is Cn1cccc1CN(CCCN1CCOCC1)C(=O)Cc1cccs1. The standard InChI is InChI=1S/C19H27N3O2S/c1-20-7-2-5-17(20)16-22(19(23)15-18-6-3-14-25-18)9-4-8-21-10-12-24-13-11-21/h2-3,5-7,14H,4,8-13,15-16H2,1H3. The van der Waals surface area contributed by atoms with Crippen molar-refractivity contribution in [2.45, 2.75) is 19.4 Å². The smallest absolute Gasteiger partial charge is 0.228 e. The van der Waals surface area contributed by atoms with E-state index in [9.17, 15) is 4.79 Å². The molecule has 136 valence electrons. The summed E-state index contributed by atoms with van der Waals surface area (Å²) in [6.07, 6.45) is 3.53. The Morgan fingerprint density at radius 3 is 2.80 bits per heavy atom. The molecule has 5 nitrogen and oxygen atoms in total. The molecule has 1 amide bonds. The van der Waals surface area contributed by atoms with Gasteiger partial charge in [-0.05, 0) is 30.0 Å². The summed E-state index contributed by atoms with van der Waals surface area (Å²) in [5.74, 6) is 0.214. The Kier molecular flexibility index (Phi) is 6.67. The van der Waals surface area contributed by atoms with Crippen LogP contribution in [0.5, 0.6) is 0 Å². The monoisotopic (exact) mass is 361 g/mol. The second-order valence-corrected chi connectivity index (χ2v) is 7.52. The lowest BCUT2D eigenvalue weighted by Gasteiger charge is -2.28. The Bertz CT molecular complexity index is 647. The quantitative estimate of drug-likeness (QED) is 0.724. The van der Waals surface area contributed by atoms with E-state index in [1.165, 1.54) is 5.69 Å². The summed E-state index contributed by atoms with van der Waals surface area (Å²) in [7, 11) is 2.03. The zero-order valence-corrected chi connectivity index (χ0v) is 15.7. The van der Waals surface area contributed by atoms with E-state index in [2.05, 4.69) is 15.5 Å². The Hall–Kier alpha value is -1.63. The van der Waals surface area contributed by atoms with Crippen molar-refractivity contribution in [1.29, 1.82) is 0 Å². The van der Waals surface area contributed by atoms with Crippen molar-refractivity contribution in [1.82, 2.24) is 14.4 Å². The second-order valence-electron chi connectivity index (χ2n) is 6.49. The van der Waals surface area contributed by atoms with Crippen LogP contribution in [-0.4, -0.2) is 59.7 Å². The van der Waals surface area contributed by atoms with Crippen LogP contribution in [0.15, 0.2) is 35.8 Å². The van der Waals surface area contributed by atoms with Crippen LogP contribution in [0.4, 0.5) is 0 Å². The zero-order valence-electron chi connectivity index (χ0n) is 14.9. The van der Waals surface area contributed by atoms with Crippen molar-refractivity contribution in [3.05, 3.63) is 46.4 Å². The third-order valence-corrected chi connectivity index (χ3v) is 5.54. The second kappa shape index (κ2) is 9.17. The maximum absolute atomic E-state index is 12.8. The molecule has 0 unspecified atom stereocenters. The first-order valence-corrected chi connectivity index (χ1v) is 9.81. The predicted octanol–water partition coefficient (Wildman–Crippen LogP) is 2.38. The highest BCUT2D eigenvalue weighted by atomic mass is 32.1. The number of aromatic nitrogens is 1. The van der Waals surface area contributed by atoms with Gasteiger partial charge in [-0.25, -0.2) is 0 Å². The number of carbonyl (C=O) groups excluding carboxylic acids is 1. The van der Waals surface area contributed by atoms with Gasteiger partial charge in [-0.2, -0.15) is 0 Å². The molecular formula is C19H27N3O2S. The number of rotatable bonds is 8. The summed E-state index contributed by atoms with van der Waals surface area (Å²) >= 11 is 1.65. The third-order valence-electron chi connectivity index (χ3n) is 4.67. The highest BCUT2D eigenvalue weighted by Gasteiger charge is 2.17. The molecule has 0 N–H and O–H groups in total. The molecule has 2 aromatic heterocycles. The topological polar surface area (TPSA) is 37.7 Å². The summed E-state index contributed by atoms with van der Waals surface area (Å²) in [4.78, 5) is 18.4. The van der Waals surface area contributed by atoms with Crippen molar-refractivity contribution in [2.24, 2.45) is 7.05 Å². The minimum absolute atomic E-state index is 0.214. The lowest BCUT2D eigenvalue weighted by molar-refractivity contribution is -0.131. The van der Waals surface area contributed by atoms with Gasteiger partial charge in [-0.1, -0.05) is 6.07 Å². The number of carbonyl (C=O) groups is 1. The van der Waals surface area contributed by atoms with Crippen LogP contribution in [-0.2, 0) is 29.5 Å². The molecule has 0 bridgehead atoms. The van der Waals surface area contributed by atoms with Crippen LogP contribution >= 0.6 is 11.3 Å². The highest BCUT2D eigenvalue weighted by molar-refractivity contribution is 7.10. The van der Waals surface area contributed by atoms with Gasteiger partial charge in [0.2, 0.25) is 5.91 Å². The van der Waals surface area contributed by atoms with Gasteiger partial charge >= 0.3 is 0 Å². The first kappa shape index (κ1) is 18.2. The number of hydrogen-bond acceptors (Lipinski definition) is 4. The normalized spacial score (nSPS) is 15.4. The van der Waals surface area contributed by atoms with Gasteiger partial charge in [0.15, 0.2) is 0 Å². The first-order chi connectivity index (χ1) is 12.2. The number of hydrogen-bond donors (Lipinski definition) is 0. The number of nitrogens with zero attached hydrogens (tertiary/aromatic N) is 3. The summed E-state index contributed by atoms with van der Waals surface area (Å²) in [6, 6.07) is 8.17. The minimum atomic E-state index is 0.214. The number of amides is 1. The van der Waals surface area contributed by atoms with E-state index in [4.69, 9.17) is 4.74 Å². The maximum atomic E-state index is 12.8. The molecule has 1 saturated heterocycles. The molecule has 0 spiro atoms. The van der Waals surface area contributed by atoms with Gasteiger partial charge in [0.05, 0.1) is 26.2 Å². The molecule has 3 heterocycles. The van der Waals surface area contributed by atoms with E-state index >= 15 is 0 Å². The van der Waals surface area contributed by atoms with Crippen LogP contribution in [0.25, 0.3) is 0 Å². The van der Waals surface area contributed by atoms with Gasteiger partial charge in [0.25, 0.3) is 0 Å². The van der Waals surface area contributed by atoms with E-state index in [-0.39, 0.29) is 5.91 Å². The summed E-state index contributed by atoms with van der Waals surface area (Å²) in [5.41, 5.74) is 1.17. The summed E-state index contributed by atoms with van der Waals surface area (Å²) in [6.45, 7) is 6.15. The summed E-state index contributed by atoms with van der Waals surface area (Å²) < 4.78 is 7.49. The molecule has 25 heavy (non-hydrogen) atoms. The molecular weight excluding hydrogens is 334 g/mol.